The van der Waals surface area contributed by atoms with Crippen LogP contribution >= 0.6 is 0 Å². The number of imidazole rings is 1. The number of aryl methyl sites for hydroxylation is 1. The van der Waals surface area contributed by atoms with Gasteiger partial charge in [-0.15, -0.1) is 0 Å². The SMILES string of the molecule is O=C(NCCCn1cnc2ccccc21)C1CCOc2ccccc21. The third kappa shape index (κ3) is 3.22. The van der Waals surface area contributed by atoms with Crippen LogP contribution in [-0.2, 0) is 11.3 Å². The van der Waals surface area contributed by atoms with Gasteiger partial charge in [-0.05, 0) is 31.0 Å². The topological polar surface area (TPSA) is 56.2 Å². The lowest BCUT2D eigenvalue weighted by Gasteiger charge is -2.25. The second-order valence-electron chi connectivity index (χ2n) is 6.30. The Kier molecular flexibility index (Phi) is 4.37. The molecule has 5 heteroatoms. The highest BCUT2D eigenvalue weighted by molar-refractivity contribution is 5.84. The van der Waals surface area contributed by atoms with Gasteiger partial charge in [0.15, 0.2) is 0 Å². The second-order valence-corrected chi connectivity index (χ2v) is 6.30. The number of nitrogens with zero attached hydrogens (tertiary/aromatic N) is 2. The Morgan fingerprint density at radius 2 is 2.04 bits per heavy atom. The normalized spacial score (nSPS) is 16.2. The maximum atomic E-state index is 12.5. The van der Waals surface area contributed by atoms with E-state index in [1.54, 1.807) is 0 Å². The van der Waals surface area contributed by atoms with Crippen LogP contribution in [0, 0.1) is 0 Å². The van der Waals surface area contributed by atoms with Crippen LogP contribution in [0.2, 0.25) is 0 Å². The van der Waals surface area contributed by atoms with Gasteiger partial charge >= 0.3 is 0 Å². The van der Waals surface area contributed by atoms with Crippen LogP contribution in [0.5, 0.6) is 5.75 Å². The molecule has 0 spiro atoms. The predicted octanol–water partition coefficient (Wildman–Crippen LogP) is 3.11. The van der Waals surface area contributed by atoms with Gasteiger partial charge in [0.2, 0.25) is 5.91 Å². The summed E-state index contributed by atoms with van der Waals surface area (Å²) in [6.45, 7) is 2.09. The molecule has 25 heavy (non-hydrogen) atoms. The van der Waals surface area contributed by atoms with Gasteiger partial charge in [-0.1, -0.05) is 30.3 Å². The molecule has 1 aliphatic rings. The van der Waals surface area contributed by atoms with E-state index < -0.39 is 0 Å². The average Bonchev–Trinajstić information content (AvgIpc) is 3.08. The number of carbonyl (C=O) groups is 1. The van der Waals surface area contributed by atoms with Crippen molar-refractivity contribution in [2.24, 2.45) is 0 Å². The summed E-state index contributed by atoms with van der Waals surface area (Å²) in [5, 5.41) is 3.08. The number of hydrogen-bond acceptors (Lipinski definition) is 3. The average molecular weight is 335 g/mol. The first-order valence-corrected chi connectivity index (χ1v) is 8.72. The molecule has 0 bridgehead atoms. The molecule has 0 radical (unpaired) electrons. The molecule has 0 aliphatic carbocycles. The number of aromatic nitrogens is 2. The highest BCUT2D eigenvalue weighted by Crippen LogP contribution is 2.33. The van der Waals surface area contributed by atoms with E-state index in [1.807, 2.05) is 48.8 Å². The standard InChI is InChI=1S/C20H21N3O2/c24-20(16-10-13-25-19-9-4-1-6-15(16)19)21-11-5-12-23-14-22-17-7-2-3-8-18(17)23/h1-4,6-9,14,16H,5,10-13H2,(H,21,24). The lowest BCUT2D eigenvalue weighted by Crippen LogP contribution is -2.33. The van der Waals surface area contributed by atoms with Crippen LogP contribution < -0.4 is 10.1 Å². The van der Waals surface area contributed by atoms with E-state index in [1.165, 1.54) is 0 Å². The summed E-state index contributed by atoms with van der Waals surface area (Å²) >= 11 is 0. The number of ether oxygens (including phenoxy) is 1. The van der Waals surface area contributed by atoms with E-state index >= 15 is 0 Å². The highest BCUT2D eigenvalue weighted by Gasteiger charge is 2.26. The lowest BCUT2D eigenvalue weighted by molar-refractivity contribution is -0.123. The summed E-state index contributed by atoms with van der Waals surface area (Å²) in [4.78, 5) is 16.9. The molecule has 1 aliphatic heterocycles. The molecule has 0 saturated heterocycles. The minimum atomic E-state index is -0.112. The Labute approximate surface area is 146 Å². The fourth-order valence-electron chi connectivity index (χ4n) is 3.39. The van der Waals surface area contributed by atoms with Gasteiger partial charge in [0, 0.05) is 18.7 Å². The smallest absolute Gasteiger partial charge is 0.227 e. The minimum absolute atomic E-state index is 0.0891. The second kappa shape index (κ2) is 6.97. The Bertz CT molecular complexity index is 887. The number of rotatable bonds is 5. The van der Waals surface area contributed by atoms with Crippen molar-refractivity contribution in [1.29, 1.82) is 0 Å². The van der Waals surface area contributed by atoms with Crippen molar-refractivity contribution in [2.75, 3.05) is 13.2 Å². The van der Waals surface area contributed by atoms with E-state index in [0.717, 1.165) is 41.7 Å². The first-order chi connectivity index (χ1) is 12.3. The molecule has 1 unspecified atom stereocenters. The fraction of sp³-hybridized carbons (Fsp3) is 0.300. The largest absolute Gasteiger partial charge is 0.493 e. The molecule has 0 saturated carbocycles. The van der Waals surface area contributed by atoms with Crippen molar-refractivity contribution in [1.82, 2.24) is 14.9 Å². The number of fused-ring (bicyclic) bond motifs is 2. The monoisotopic (exact) mass is 335 g/mol. The molecule has 4 rings (SSSR count). The number of benzene rings is 2. The maximum absolute atomic E-state index is 12.5. The van der Waals surface area contributed by atoms with Crippen LogP contribution in [0.15, 0.2) is 54.9 Å². The maximum Gasteiger partial charge on any atom is 0.227 e. The van der Waals surface area contributed by atoms with Crippen molar-refractivity contribution in [2.45, 2.75) is 25.3 Å². The summed E-state index contributed by atoms with van der Waals surface area (Å²) in [5.41, 5.74) is 3.13. The summed E-state index contributed by atoms with van der Waals surface area (Å²) in [6, 6.07) is 15.9. The molecule has 1 atom stereocenters. The van der Waals surface area contributed by atoms with Gasteiger partial charge in [-0.2, -0.15) is 0 Å². The fourth-order valence-corrected chi connectivity index (χ4v) is 3.39. The van der Waals surface area contributed by atoms with Gasteiger partial charge in [-0.3, -0.25) is 4.79 Å². The predicted molar refractivity (Wildman–Crippen MR) is 96.7 cm³/mol. The summed E-state index contributed by atoms with van der Waals surface area (Å²) in [5.74, 6) is 0.809. The first kappa shape index (κ1) is 15.7. The first-order valence-electron chi connectivity index (χ1n) is 8.72. The van der Waals surface area contributed by atoms with Gasteiger partial charge in [0.1, 0.15) is 5.75 Å². The Hall–Kier alpha value is -2.82. The zero-order chi connectivity index (χ0) is 17.1. The minimum Gasteiger partial charge on any atom is -0.493 e. The van der Waals surface area contributed by atoms with Crippen molar-refractivity contribution in [3.8, 4) is 5.75 Å². The third-order valence-corrected chi connectivity index (χ3v) is 4.68. The number of carbonyl (C=O) groups excluding carboxylic acids is 1. The zero-order valence-corrected chi connectivity index (χ0v) is 14.0. The van der Waals surface area contributed by atoms with Crippen molar-refractivity contribution in [3.63, 3.8) is 0 Å². The Morgan fingerprint density at radius 3 is 3.00 bits per heavy atom. The molecule has 128 valence electrons. The van der Waals surface area contributed by atoms with Crippen LogP contribution in [0.3, 0.4) is 0 Å². The Balaban J connectivity index is 1.33. The summed E-state index contributed by atoms with van der Waals surface area (Å²) in [7, 11) is 0. The van der Waals surface area contributed by atoms with E-state index in [2.05, 4.69) is 20.9 Å². The van der Waals surface area contributed by atoms with Crippen molar-refractivity contribution < 1.29 is 9.53 Å². The molecular weight excluding hydrogens is 314 g/mol. The van der Waals surface area contributed by atoms with Crippen molar-refractivity contribution in [3.05, 3.63) is 60.4 Å². The Morgan fingerprint density at radius 1 is 1.20 bits per heavy atom. The highest BCUT2D eigenvalue weighted by atomic mass is 16.5. The van der Waals surface area contributed by atoms with Crippen LogP contribution in [0.4, 0.5) is 0 Å². The molecule has 1 amide bonds. The molecule has 1 aromatic heterocycles. The van der Waals surface area contributed by atoms with Gasteiger partial charge in [0.25, 0.3) is 0 Å². The number of nitrogens with one attached hydrogen (secondary N) is 1. The van der Waals surface area contributed by atoms with Gasteiger partial charge in [0.05, 0.1) is 29.9 Å². The zero-order valence-electron chi connectivity index (χ0n) is 14.0. The quantitative estimate of drug-likeness (QED) is 0.729. The summed E-state index contributed by atoms with van der Waals surface area (Å²) < 4.78 is 7.76. The third-order valence-electron chi connectivity index (χ3n) is 4.68. The number of hydrogen-bond donors (Lipinski definition) is 1. The molecule has 0 fully saturated rings. The van der Waals surface area contributed by atoms with E-state index in [0.29, 0.717) is 13.2 Å². The van der Waals surface area contributed by atoms with E-state index in [9.17, 15) is 4.79 Å². The molecule has 3 aromatic rings. The molecule has 2 aromatic carbocycles. The van der Waals surface area contributed by atoms with E-state index in [-0.39, 0.29) is 11.8 Å². The van der Waals surface area contributed by atoms with Crippen molar-refractivity contribution >= 4 is 16.9 Å². The molecule has 2 heterocycles. The summed E-state index contributed by atoms with van der Waals surface area (Å²) in [6.07, 6.45) is 3.47. The van der Waals surface area contributed by atoms with Gasteiger partial charge < -0.3 is 14.6 Å². The van der Waals surface area contributed by atoms with Crippen LogP contribution in [0.25, 0.3) is 11.0 Å². The number of amides is 1. The number of para-hydroxylation sites is 3. The lowest BCUT2D eigenvalue weighted by atomic mass is 9.92. The van der Waals surface area contributed by atoms with Crippen LogP contribution in [-0.4, -0.2) is 28.6 Å². The molecule has 1 N–H and O–H groups in total. The van der Waals surface area contributed by atoms with Gasteiger partial charge in [-0.25, -0.2) is 4.98 Å². The molecule has 5 nitrogen and oxygen atoms in total. The van der Waals surface area contributed by atoms with E-state index in [4.69, 9.17) is 4.74 Å². The van der Waals surface area contributed by atoms with Crippen LogP contribution in [0.1, 0.15) is 24.3 Å². The molecular formula is C20H21N3O2.